The molecule has 2 unspecified atom stereocenters. The fourth-order valence-corrected chi connectivity index (χ4v) is 7.11. The van der Waals surface area contributed by atoms with E-state index in [9.17, 15) is 36.4 Å². The van der Waals surface area contributed by atoms with Crippen molar-refractivity contribution < 1.29 is 35.5 Å². The lowest BCUT2D eigenvalue weighted by atomic mass is 9.83. The van der Waals surface area contributed by atoms with Crippen molar-refractivity contribution in [2.24, 2.45) is 0 Å². The topological polar surface area (TPSA) is 153 Å². The Hall–Kier alpha value is -4.17. The van der Waals surface area contributed by atoms with E-state index in [2.05, 4.69) is 15.4 Å². The van der Waals surface area contributed by atoms with E-state index >= 15 is 4.39 Å². The normalized spacial score (nSPS) is 22.0. The van der Waals surface area contributed by atoms with Gasteiger partial charge in [0.25, 0.3) is 5.56 Å². The Labute approximate surface area is 249 Å². The van der Waals surface area contributed by atoms with Crippen LogP contribution in [-0.4, -0.2) is 76.1 Å². The Morgan fingerprint density at radius 2 is 2.00 bits per heavy atom. The highest BCUT2D eigenvalue weighted by molar-refractivity contribution is 7.89. The monoisotopic (exact) mass is 639 g/mol. The third kappa shape index (κ3) is 5.71. The molecule has 0 aliphatic carbocycles. The number of pyridine rings is 1. The van der Waals surface area contributed by atoms with Crippen LogP contribution in [-0.2, 0) is 26.8 Å². The van der Waals surface area contributed by atoms with E-state index < -0.39 is 64.8 Å². The Morgan fingerprint density at radius 1 is 1.27 bits per heavy atom. The highest BCUT2D eigenvalue weighted by Gasteiger charge is 2.49. The number of nitrogens with zero attached hydrogens (tertiary/aromatic N) is 5. The van der Waals surface area contributed by atoms with E-state index in [-0.39, 0.29) is 52.3 Å². The number of likely N-dealkylation sites (tertiary alicyclic amines) is 1. The third-order valence-electron chi connectivity index (χ3n) is 7.48. The van der Waals surface area contributed by atoms with Crippen molar-refractivity contribution in [3.63, 3.8) is 0 Å². The maximum Gasteiger partial charge on any atom is 0.410 e. The van der Waals surface area contributed by atoms with Gasteiger partial charge in [-0.3, -0.25) is 9.48 Å². The molecule has 2 N–H and O–H groups in total. The Bertz CT molecular complexity index is 1830. The average Bonchev–Trinajstić information content (AvgIpc) is 3.38. The summed E-state index contributed by atoms with van der Waals surface area (Å²) in [6.07, 6.45) is -6.27. The van der Waals surface area contributed by atoms with Gasteiger partial charge < -0.3 is 19.9 Å². The van der Waals surface area contributed by atoms with E-state index in [0.29, 0.717) is 4.31 Å². The van der Waals surface area contributed by atoms with Gasteiger partial charge in [-0.1, -0.05) is 0 Å². The van der Waals surface area contributed by atoms with Gasteiger partial charge in [0, 0.05) is 25.0 Å². The van der Waals surface area contributed by atoms with Crippen molar-refractivity contribution in [2.45, 2.75) is 68.5 Å². The number of rotatable bonds is 5. The number of carbonyl (C=O) groups excluding carboxylic acids is 1. The largest absolute Gasteiger partial charge is 0.444 e. The van der Waals surface area contributed by atoms with Crippen LogP contribution in [0.2, 0.25) is 0 Å². The molecule has 5 rings (SSSR count). The molecule has 4 heterocycles. The van der Waals surface area contributed by atoms with Crippen molar-refractivity contribution in [1.82, 2.24) is 24.0 Å². The van der Waals surface area contributed by atoms with E-state index in [1.807, 2.05) is 6.07 Å². The quantitative estimate of drug-likeness (QED) is 0.396. The van der Waals surface area contributed by atoms with Crippen LogP contribution >= 0.6 is 0 Å². The number of sulfonamides is 1. The van der Waals surface area contributed by atoms with Crippen molar-refractivity contribution in [3.8, 4) is 6.07 Å². The number of piperidine rings is 1. The molecule has 17 heteroatoms. The van der Waals surface area contributed by atoms with Gasteiger partial charge in [-0.15, -0.1) is 0 Å². The molecule has 236 valence electrons. The molecule has 1 fully saturated rings. The summed E-state index contributed by atoms with van der Waals surface area (Å²) < 4.78 is 87.4. The minimum atomic E-state index is -4.74. The maximum atomic E-state index is 16.2. The molecule has 1 amide bonds. The number of amides is 1. The van der Waals surface area contributed by atoms with Gasteiger partial charge in [0.2, 0.25) is 10.0 Å². The number of aromatic nitrogens is 3. The molecule has 3 aromatic rings. The zero-order valence-corrected chi connectivity index (χ0v) is 24.7. The van der Waals surface area contributed by atoms with Gasteiger partial charge >= 0.3 is 12.3 Å². The zero-order valence-electron chi connectivity index (χ0n) is 23.9. The number of benzene rings is 1. The molecule has 2 aliphatic rings. The van der Waals surface area contributed by atoms with Gasteiger partial charge in [0.05, 0.1) is 29.4 Å². The summed E-state index contributed by atoms with van der Waals surface area (Å²) >= 11 is 0. The van der Waals surface area contributed by atoms with Gasteiger partial charge in [0.15, 0.2) is 5.82 Å². The molecule has 12 nitrogen and oxygen atoms in total. The minimum Gasteiger partial charge on any atom is -0.444 e. The summed E-state index contributed by atoms with van der Waals surface area (Å²) in [6, 6.07) is 7.31. The number of ether oxygens (including phenoxy) is 1. The number of halogens is 4. The number of H-pyrrole nitrogens is 1. The van der Waals surface area contributed by atoms with Crippen LogP contribution in [0.15, 0.2) is 40.2 Å². The fourth-order valence-electron chi connectivity index (χ4n) is 5.51. The van der Waals surface area contributed by atoms with Crippen LogP contribution in [0, 0.1) is 11.3 Å². The molecule has 0 radical (unpaired) electrons. The second-order valence-corrected chi connectivity index (χ2v) is 13.7. The predicted octanol–water partition coefficient (Wildman–Crippen LogP) is 4.12. The summed E-state index contributed by atoms with van der Waals surface area (Å²) in [5, 5.41) is 17.2. The van der Waals surface area contributed by atoms with Crippen LogP contribution in [0.5, 0.6) is 0 Å². The first-order valence-corrected chi connectivity index (χ1v) is 15.0. The second kappa shape index (κ2) is 10.8. The van der Waals surface area contributed by atoms with Gasteiger partial charge in [-0.25, -0.2) is 17.6 Å². The smallest absolute Gasteiger partial charge is 0.410 e. The predicted molar refractivity (Wildman–Crippen MR) is 149 cm³/mol. The number of carbonyl (C=O) groups is 1. The molecule has 2 aromatic heterocycles. The first kappa shape index (κ1) is 31.3. The first-order valence-electron chi connectivity index (χ1n) is 13.5. The van der Waals surface area contributed by atoms with E-state index in [1.165, 1.54) is 34.0 Å². The molecule has 2 aliphatic heterocycles. The standard InChI is InChI=1S/C27H29F4N7O5S/c1-25(2,3)43-24(40)36-11-8-26(7-9-32,20(28)14-36)38-18-6-10-33-23(39)21(18)22(35-38)34-17-4-5-19-16(12-17)13-37(44(19,41)42)15-27(29,30)31/h4-6,10,12,20H,7-8,11,13-15H2,1-3H3,(H,33,39)(H,34,35). The number of nitrogens with one attached hydrogen (secondary N) is 2. The lowest BCUT2D eigenvalue weighted by Crippen LogP contribution is -2.56. The summed E-state index contributed by atoms with van der Waals surface area (Å²) in [7, 11) is -4.36. The van der Waals surface area contributed by atoms with Crippen molar-refractivity contribution in [3.05, 3.63) is 46.4 Å². The lowest BCUT2D eigenvalue weighted by Gasteiger charge is -2.43. The minimum absolute atomic E-state index is 0.0124. The molecule has 0 bridgehead atoms. The van der Waals surface area contributed by atoms with Crippen LogP contribution in [0.1, 0.15) is 39.2 Å². The van der Waals surface area contributed by atoms with Crippen LogP contribution < -0.4 is 10.9 Å². The van der Waals surface area contributed by atoms with Crippen LogP contribution in [0.3, 0.4) is 0 Å². The molecule has 1 aromatic carbocycles. The number of aromatic amines is 1. The van der Waals surface area contributed by atoms with Crippen molar-refractivity contribution in [1.29, 1.82) is 5.26 Å². The Kier molecular flexibility index (Phi) is 7.65. The zero-order chi connectivity index (χ0) is 32.2. The van der Waals surface area contributed by atoms with Crippen LogP contribution in [0.4, 0.5) is 33.9 Å². The van der Waals surface area contributed by atoms with Crippen LogP contribution in [0.25, 0.3) is 10.9 Å². The SMILES string of the molecule is CC(C)(C)OC(=O)N1CCC(CC#N)(n2nc(Nc3ccc4c(c3)CN(CC(F)(F)F)S4(=O)=O)c3c(=O)[nH]ccc32)C(F)C1. The highest BCUT2D eigenvalue weighted by atomic mass is 32.2. The molecule has 0 spiro atoms. The summed E-state index contributed by atoms with van der Waals surface area (Å²) in [4.78, 5) is 29.1. The maximum absolute atomic E-state index is 16.2. The number of alkyl halides is 4. The Morgan fingerprint density at radius 3 is 2.64 bits per heavy atom. The summed E-state index contributed by atoms with van der Waals surface area (Å²) in [5.41, 5.74) is -2.44. The molecule has 0 saturated carbocycles. The van der Waals surface area contributed by atoms with Crippen molar-refractivity contribution in [2.75, 3.05) is 25.0 Å². The molecule has 2 atom stereocenters. The first-order chi connectivity index (χ1) is 20.4. The molecular formula is C27H29F4N7O5S. The number of nitriles is 1. The summed E-state index contributed by atoms with van der Waals surface area (Å²) in [6.45, 7) is 2.54. The number of hydrogen-bond acceptors (Lipinski definition) is 8. The van der Waals surface area contributed by atoms with Gasteiger partial charge in [0.1, 0.15) is 29.2 Å². The van der Waals surface area contributed by atoms with E-state index in [4.69, 9.17) is 4.74 Å². The van der Waals surface area contributed by atoms with E-state index in [0.717, 1.165) is 6.07 Å². The highest BCUT2D eigenvalue weighted by Crippen LogP contribution is 2.40. The fraction of sp³-hybridized carbons (Fsp3) is 0.481. The van der Waals surface area contributed by atoms with Crippen molar-refractivity contribution >= 4 is 38.5 Å². The number of anilines is 2. The molecule has 44 heavy (non-hydrogen) atoms. The Balaban J connectivity index is 1.51. The molecule has 1 saturated heterocycles. The average molecular weight is 640 g/mol. The van der Waals surface area contributed by atoms with Gasteiger partial charge in [-0.2, -0.15) is 27.8 Å². The lowest BCUT2D eigenvalue weighted by molar-refractivity contribution is -0.136. The van der Waals surface area contributed by atoms with Gasteiger partial charge in [-0.05, 0) is 57.0 Å². The third-order valence-corrected chi connectivity index (χ3v) is 9.38. The van der Waals surface area contributed by atoms with E-state index in [1.54, 1.807) is 20.8 Å². The number of fused-ring (bicyclic) bond motifs is 2. The number of hydrogen-bond donors (Lipinski definition) is 2. The summed E-state index contributed by atoms with van der Waals surface area (Å²) in [5.74, 6) is -0.0473. The molecular weight excluding hydrogens is 610 g/mol. The second-order valence-electron chi connectivity index (χ2n) is 11.7.